The van der Waals surface area contributed by atoms with Gasteiger partial charge >= 0.3 is 0 Å². The molecule has 5 rings (SSSR count). The first-order chi connectivity index (χ1) is 19.3. The SMILES string of the molecule is O=[S@@](C1=CO[C@H](COCc2ccccc2)[C@H](OCc2ccccc2)[C@@H]1OCc1ccccc1)c1ccccc1. The van der Waals surface area contributed by atoms with E-state index in [4.69, 9.17) is 18.9 Å². The molecule has 4 aromatic carbocycles. The van der Waals surface area contributed by atoms with Gasteiger partial charge in [0, 0.05) is 4.90 Å². The van der Waals surface area contributed by atoms with E-state index in [9.17, 15) is 4.21 Å². The summed E-state index contributed by atoms with van der Waals surface area (Å²) in [5, 5.41) is 0. The Labute approximate surface area is 232 Å². The summed E-state index contributed by atoms with van der Waals surface area (Å²) in [4.78, 5) is 1.22. The van der Waals surface area contributed by atoms with E-state index < -0.39 is 29.1 Å². The number of ether oxygens (including phenoxy) is 4. The summed E-state index contributed by atoms with van der Waals surface area (Å²) < 4.78 is 39.0. The van der Waals surface area contributed by atoms with E-state index >= 15 is 0 Å². The van der Waals surface area contributed by atoms with Crippen LogP contribution in [0.25, 0.3) is 0 Å². The number of benzene rings is 4. The molecule has 200 valence electrons. The number of hydrogen-bond donors (Lipinski definition) is 0. The van der Waals surface area contributed by atoms with Crippen LogP contribution in [0.5, 0.6) is 0 Å². The highest BCUT2D eigenvalue weighted by Gasteiger charge is 2.41. The van der Waals surface area contributed by atoms with Crippen molar-refractivity contribution in [3.05, 3.63) is 149 Å². The first kappa shape index (κ1) is 27.0. The molecule has 4 atom stereocenters. The molecule has 0 unspecified atom stereocenters. The molecule has 0 saturated heterocycles. The maximum atomic E-state index is 13.7. The van der Waals surface area contributed by atoms with Gasteiger partial charge in [0.2, 0.25) is 0 Å². The molecular weight excluding hydrogens is 508 g/mol. The monoisotopic (exact) mass is 540 g/mol. The fourth-order valence-electron chi connectivity index (χ4n) is 4.39. The first-order valence-electron chi connectivity index (χ1n) is 13.0. The molecule has 0 fully saturated rings. The molecule has 0 amide bonds. The van der Waals surface area contributed by atoms with Crippen molar-refractivity contribution < 1.29 is 23.2 Å². The second-order valence-electron chi connectivity index (χ2n) is 9.26. The van der Waals surface area contributed by atoms with Gasteiger partial charge in [-0.2, -0.15) is 0 Å². The smallest absolute Gasteiger partial charge is 0.150 e. The van der Waals surface area contributed by atoms with Crippen LogP contribution in [0.15, 0.2) is 137 Å². The van der Waals surface area contributed by atoms with Crippen LogP contribution >= 0.6 is 0 Å². The summed E-state index contributed by atoms with van der Waals surface area (Å²) in [5.74, 6) is 0. The molecule has 0 aliphatic carbocycles. The van der Waals surface area contributed by atoms with E-state index in [1.54, 1.807) is 6.26 Å². The van der Waals surface area contributed by atoms with Crippen LogP contribution in [0.4, 0.5) is 0 Å². The molecule has 0 spiro atoms. The van der Waals surface area contributed by atoms with Gasteiger partial charge in [0.15, 0.2) is 6.10 Å². The van der Waals surface area contributed by atoms with E-state index in [-0.39, 0.29) is 0 Å². The van der Waals surface area contributed by atoms with Gasteiger partial charge in [-0.15, -0.1) is 0 Å². The lowest BCUT2D eigenvalue weighted by molar-refractivity contribution is -0.149. The van der Waals surface area contributed by atoms with Crippen LogP contribution < -0.4 is 0 Å². The lowest BCUT2D eigenvalue weighted by atomic mass is 10.1. The summed E-state index contributed by atoms with van der Waals surface area (Å²) in [6.45, 7) is 1.45. The maximum Gasteiger partial charge on any atom is 0.150 e. The Hall–Kier alpha value is -3.55. The van der Waals surface area contributed by atoms with Gasteiger partial charge in [0.05, 0.1) is 48.4 Å². The van der Waals surface area contributed by atoms with Crippen molar-refractivity contribution in [3.63, 3.8) is 0 Å². The lowest BCUT2D eigenvalue weighted by Crippen LogP contribution is -2.48. The van der Waals surface area contributed by atoms with Gasteiger partial charge in [-0.05, 0) is 28.8 Å². The van der Waals surface area contributed by atoms with Crippen LogP contribution in [0.1, 0.15) is 16.7 Å². The fourth-order valence-corrected chi connectivity index (χ4v) is 5.62. The normalized spacial score (nSPS) is 19.6. The molecule has 0 radical (unpaired) electrons. The molecule has 1 heterocycles. The molecule has 0 saturated carbocycles. The molecular formula is C33H32O5S. The van der Waals surface area contributed by atoms with Crippen molar-refractivity contribution in [1.29, 1.82) is 0 Å². The van der Waals surface area contributed by atoms with Crippen LogP contribution in [0, 0.1) is 0 Å². The molecule has 0 aromatic heterocycles. The minimum atomic E-state index is -1.49. The van der Waals surface area contributed by atoms with E-state index in [2.05, 4.69) is 0 Å². The second-order valence-corrected chi connectivity index (χ2v) is 10.7. The van der Waals surface area contributed by atoms with Crippen molar-refractivity contribution in [2.45, 2.75) is 43.0 Å². The predicted molar refractivity (Wildman–Crippen MR) is 152 cm³/mol. The third kappa shape index (κ3) is 7.52. The van der Waals surface area contributed by atoms with Crippen molar-refractivity contribution in [1.82, 2.24) is 0 Å². The Bertz CT molecular complexity index is 1330. The molecule has 0 bridgehead atoms. The topological polar surface area (TPSA) is 54.0 Å². The van der Waals surface area contributed by atoms with E-state index in [0.29, 0.717) is 36.2 Å². The van der Waals surface area contributed by atoms with E-state index in [1.165, 1.54) is 0 Å². The Morgan fingerprint density at radius 1 is 0.615 bits per heavy atom. The molecule has 1 aliphatic heterocycles. The third-order valence-corrected chi connectivity index (χ3v) is 7.88. The Morgan fingerprint density at radius 3 is 1.67 bits per heavy atom. The largest absolute Gasteiger partial charge is 0.492 e. The average molecular weight is 541 g/mol. The van der Waals surface area contributed by atoms with E-state index in [0.717, 1.165) is 16.7 Å². The van der Waals surface area contributed by atoms with Gasteiger partial charge in [-0.25, -0.2) is 4.21 Å². The highest BCUT2D eigenvalue weighted by molar-refractivity contribution is 7.89. The predicted octanol–water partition coefficient (Wildman–Crippen LogP) is 6.42. The highest BCUT2D eigenvalue weighted by Crippen LogP contribution is 2.31. The van der Waals surface area contributed by atoms with Crippen molar-refractivity contribution in [3.8, 4) is 0 Å². The second kappa shape index (κ2) is 14.0. The van der Waals surface area contributed by atoms with Gasteiger partial charge in [0.25, 0.3) is 0 Å². The minimum Gasteiger partial charge on any atom is -0.492 e. The summed E-state index contributed by atoms with van der Waals surface area (Å²) in [6, 6.07) is 39.3. The van der Waals surface area contributed by atoms with Crippen molar-refractivity contribution >= 4 is 10.8 Å². The third-order valence-electron chi connectivity index (χ3n) is 6.43. The zero-order valence-electron chi connectivity index (χ0n) is 21.6. The van der Waals surface area contributed by atoms with Gasteiger partial charge in [0.1, 0.15) is 12.2 Å². The molecule has 1 aliphatic rings. The molecule has 0 N–H and O–H groups in total. The molecule has 4 aromatic rings. The Balaban J connectivity index is 1.40. The molecule has 6 heteroatoms. The summed E-state index contributed by atoms with van der Waals surface area (Å²) in [6.07, 6.45) is -0.0152. The van der Waals surface area contributed by atoms with Gasteiger partial charge < -0.3 is 18.9 Å². The standard InChI is InChI=1S/C33H32O5S/c34-39(29-19-11-4-12-20-29)31-25-36-30(24-35-21-26-13-5-1-6-14-26)32(37-22-27-15-7-2-8-16-27)33(31)38-23-28-17-9-3-10-18-28/h1-20,25,30,32-33H,21-24H2/t30-,32+,33-,39-/m1/s1. The van der Waals surface area contributed by atoms with Crippen LogP contribution in [0.2, 0.25) is 0 Å². The maximum absolute atomic E-state index is 13.7. The van der Waals surface area contributed by atoms with E-state index in [1.807, 2.05) is 121 Å². The fraction of sp³-hybridized carbons (Fsp3) is 0.212. The van der Waals surface area contributed by atoms with Crippen molar-refractivity contribution in [2.24, 2.45) is 0 Å². The van der Waals surface area contributed by atoms with Crippen molar-refractivity contribution in [2.75, 3.05) is 6.61 Å². The van der Waals surface area contributed by atoms with Crippen LogP contribution in [-0.2, 0) is 49.6 Å². The summed E-state index contributed by atoms with van der Waals surface area (Å²) in [5.41, 5.74) is 3.13. The van der Waals surface area contributed by atoms with Gasteiger partial charge in [-0.1, -0.05) is 109 Å². The number of hydrogen-bond acceptors (Lipinski definition) is 5. The molecule has 5 nitrogen and oxygen atoms in total. The molecule has 39 heavy (non-hydrogen) atoms. The van der Waals surface area contributed by atoms with Crippen LogP contribution in [-0.4, -0.2) is 29.1 Å². The van der Waals surface area contributed by atoms with Crippen LogP contribution in [0.3, 0.4) is 0 Å². The quantitative estimate of drug-likeness (QED) is 0.208. The highest BCUT2D eigenvalue weighted by atomic mass is 32.2. The zero-order chi connectivity index (χ0) is 26.7. The Kier molecular flexibility index (Phi) is 9.71. The summed E-state index contributed by atoms with van der Waals surface area (Å²) >= 11 is 0. The minimum absolute atomic E-state index is 0.293. The summed E-state index contributed by atoms with van der Waals surface area (Å²) in [7, 11) is -1.49. The number of rotatable bonds is 12. The average Bonchev–Trinajstić information content (AvgIpc) is 3.01. The first-order valence-corrected chi connectivity index (χ1v) is 14.2. The zero-order valence-corrected chi connectivity index (χ0v) is 22.5. The lowest BCUT2D eigenvalue weighted by Gasteiger charge is -2.37. The van der Waals surface area contributed by atoms with Gasteiger partial charge in [-0.3, -0.25) is 0 Å². The Morgan fingerprint density at radius 2 is 1.10 bits per heavy atom.